The number of methoxy groups -OCH3 is 3. The molecule has 33 nitrogen and oxygen atoms in total. The average molecular weight is 1740 g/mol. The maximum Gasteiger partial charge on any atom is 0.339 e. The lowest BCUT2D eigenvalue weighted by Crippen LogP contribution is -2.52. The third-order valence-electron chi connectivity index (χ3n) is 21.3. The third kappa shape index (κ3) is 23.2. The van der Waals surface area contributed by atoms with Crippen LogP contribution in [-0.4, -0.2) is 157 Å². The molecule has 7 heterocycles. The topological polar surface area (TPSA) is 422 Å². The highest BCUT2D eigenvalue weighted by molar-refractivity contribution is 6.12. The number of imidazole rings is 3. The second kappa shape index (κ2) is 43.2. The Labute approximate surface area is 741 Å². The van der Waals surface area contributed by atoms with Crippen molar-refractivity contribution >= 4 is 88.1 Å². The van der Waals surface area contributed by atoms with Gasteiger partial charge >= 0.3 is 17.9 Å². The van der Waals surface area contributed by atoms with Gasteiger partial charge in [-0.3, -0.25) is 43.2 Å². The highest BCUT2D eigenvalue weighted by atomic mass is 16.5. The van der Waals surface area contributed by atoms with Crippen LogP contribution >= 0.6 is 0 Å². The molecule has 660 valence electrons. The highest BCUT2D eigenvalue weighted by Gasteiger charge is 2.34. The van der Waals surface area contributed by atoms with Gasteiger partial charge in [0.2, 0.25) is 35.4 Å². The van der Waals surface area contributed by atoms with Crippen molar-refractivity contribution in [2.24, 2.45) is 0 Å². The third-order valence-corrected chi connectivity index (χ3v) is 21.3. The summed E-state index contributed by atoms with van der Waals surface area (Å²) in [5.74, 6) is -9.80. The lowest BCUT2D eigenvalue weighted by molar-refractivity contribution is -0.127. The van der Waals surface area contributed by atoms with Crippen LogP contribution in [0.2, 0.25) is 0 Å². The molecule has 6 atom stereocenters. The SMILES string of the molecule is COC(=O)c1cccc2c1NC(=O)[C@H](C)NC(=O)[C@H](Cc1cncn1COCc1ccccc1)NC(=O)c1ccc(cc1)-c1cccc(C(=O)OC)c1NC(=O)[C@H](C)NC(=O)[C@H](Cc1cncn1COCc1ccccc1)NC(=O)c1ccc(cc1)-c1cccc(C(=O)OC)c1NC(=O)[C@H](C)NC(=O)[C@H](Cc1cncn1COCc1ccccc1)NC(=O)c1ccc-2cc1. The van der Waals surface area contributed by atoms with Gasteiger partial charge in [-0.15, -0.1) is 0 Å². The van der Waals surface area contributed by atoms with Crippen molar-refractivity contribution in [3.63, 3.8) is 0 Å². The van der Waals surface area contributed by atoms with E-state index >= 15 is 0 Å². The summed E-state index contributed by atoms with van der Waals surface area (Å²) < 4.78 is 38.7. The van der Waals surface area contributed by atoms with Gasteiger partial charge in [-0.1, -0.05) is 164 Å². The molecule has 0 saturated carbocycles. The summed E-state index contributed by atoms with van der Waals surface area (Å²) in [6.07, 6.45) is 8.37. The van der Waals surface area contributed by atoms with Crippen molar-refractivity contribution in [2.75, 3.05) is 37.3 Å². The van der Waals surface area contributed by atoms with E-state index in [9.17, 15) is 57.5 Å². The molecule has 0 radical (unpaired) electrons. The Morgan fingerprint density at radius 3 is 0.798 bits per heavy atom. The Morgan fingerprint density at radius 2 is 0.550 bits per heavy atom. The molecule has 0 unspecified atom stereocenters. The standard InChI is InChI=1S/C96H93N15O18/c1-58-85(112)106-82-73(25-16-28-76(82)94(121)124-4)64-31-37-68(38-32-64)89(116)104-80(44-71-47-98-53-110(71)56-128-50-62-21-12-8-13-22-62)92(119)101-60(3)87(114)108-84-75(27-18-30-78(84)96(123)126-6)66-35-41-69(42-36-66)90(117)105-81(45-72-48-99-54-111(72)57-129-51-63-23-14-9-15-24-63)93(120)102-59(2)86(113)107-83-74(26-17-29-77(83)95(122)125-5)65-33-39-67(40-34-65)88(115)103-79(91(118)100-58)43-70-46-97-52-109(70)55-127-49-61-19-10-7-11-20-61/h7-42,46-48,52-54,58-60,79-81H,43-45,49-51,55-57H2,1-6H3,(H,100,118)(H,101,119)(H,102,120)(H,103,115)(H,104,116)(H,105,117)(H,106,112)(H,107,113)(H,108,114)/t58-,59-,60-,79-,80-,81-/m0/s1. The van der Waals surface area contributed by atoms with Gasteiger partial charge in [0.15, 0.2) is 0 Å². The summed E-state index contributed by atoms with van der Waals surface area (Å²) in [5.41, 5.74) is 5.52. The van der Waals surface area contributed by atoms with E-state index in [4.69, 9.17) is 28.4 Å². The zero-order valence-corrected chi connectivity index (χ0v) is 71.1. The molecule has 0 aliphatic carbocycles. The fourth-order valence-corrected chi connectivity index (χ4v) is 14.3. The molecule has 0 saturated heterocycles. The largest absolute Gasteiger partial charge is 0.465 e. The molecule has 0 spiro atoms. The number of para-hydroxylation sites is 3. The molecule has 33 heteroatoms. The summed E-state index contributed by atoms with van der Waals surface area (Å²) in [6.45, 7) is 4.79. The smallest absolute Gasteiger partial charge is 0.339 e. The van der Waals surface area contributed by atoms with Crippen molar-refractivity contribution in [1.29, 1.82) is 0 Å². The van der Waals surface area contributed by atoms with Gasteiger partial charge in [0.05, 0.1) is 93.9 Å². The maximum atomic E-state index is 15.0. The summed E-state index contributed by atoms with van der Waals surface area (Å²) in [7, 11) is 3.46. The number of esters is 3. The fourth-order valence-electron chi connectivity index (χ4n) is 14.3. The first-order chi connectivity index (χ1) is 62.5. The van der Waals surface area contributed by atoms with E-state index in [1.165, 1.54) is 113 Å². The number of rotatable bonds is 21. The Kier molecular flexibility index (Phi) is 30.4. The van der Waals surface area contributed by atoms with Gasteiger partial charge in [0, 0.05) is 88.3 Å². The zero-order valence-electron chi connectivity index (χ0n) is 71.1. The van der Waals surface area contributed by atoms with E-state index < -0.39 is 107 Å². The van der Waals surface area contributed by atoms with Crippen LogP contribution in [0.1, 0.15) is 117 Å². The molecule has 12 aromatic rings. The number of benzene rings is 9. The first-order valence-electron chi connectivity index (χ1n) is 41.0. The van der Waals surface area contributed by atoms with Crippen LogP contribution < -0.4 is 47.9 Å². The average Bonchev–Trinajstić information content (AvgIpc) is 0.978. The summed E-state index contributed by atoms with van der Waals surface area (Å²) in [4.78, 5) is 187. The predicted molar refractivity (Wildman–Crippen MR) is 474 cm³/mol. The first kappa shape index (κ1) is 90.8. The number of aromatic nitrogens is 6. The molecule has 0 fully saturated rings. The first-order valence-corrected chi connectivity index (χ1v) is 41.0. The van der Waals surface area contributed by atoms with E-state index in [1.54, 1.807) is 86.5 Å². The number of hydrogen-bond acceptors (Lipinski definition) is 21. The molecule has 129 heavy (non-hydrogen) atoms. The molecule has 9 amide bonds. The number of carbonyl (C=O) groups is 12. The molecule has 6 bridgehead atoms. The quantitative estimate of drug-likeness (QED) is 0.0238. The number of nitrogens with zero attached hydrogens (tertiary/aromatic N) is 6. The summed E-state index contributed by atoms with van der Waals surface area (Å²) in [5, 5.41) is 25.1. The van der Waals surface area contributed by atoms with Gasteiger partial charge in [-0.25, -0.2) is 29.3 Å². The second-order valence-electron chi connectivity index (χ2n) is 30.2. The second-order valence-corrected chi connectivity index (χ2v) is 30.2. The molecular formula is C96H93N15O18. The van der Waals surface area contributed by atoms with Crippen LogP contribution in [0, 0.1) is 0 Å². The van der Waals surface area contributed by atoms with Crippen molar-refractivity contribution in [3.8, 4) is 33.4 Å². The minimum Gasteiger partial charge on any atom is -0.465 e. The van der Waals surface area contributed by atoms with Gasteiger partial charge in [-0.2, -0.15) is 0 Å². The van der Waals surface area contributed by atoms with Crippen LogP contribution in [0.3, 0.4) is 0 Å². The van der Waals surface area contributed by atoms with Gasteiger partial charge in [-0.05, 0) is 109 Å². The Morgan fingerprint density at radius 1 is 0.302 bits per heavy atom. The minimum atomic E-state index is -1.44. The Balaban J connectivity index is 0.846. The molecule has 9 N–H and O–H groups in total. The molecular weight excluding hydrogens is 1650 g/mol. The van der Waals surface area contributed by atoms with Crippen LogP contribution in [0.25, 0.3) is 33.4 Å². The van der Waals surface area contributed by atoms with Crippen LogP contribution in [0.5, 0.6) is 0 Å². The van der Waals surface area contributed by atoms with Crippen LogP contribution in [-0.2, 0) is 116 Å². The number of hydrogen-bond donors (Lipinski definition) is 9. The molecule has 9 aromatic carbocycles. The van der Waals surface area contributed by atoms with Crippen molar-refractivity contribution in [3.05, 3.63) is 323 Å². The number of fused-ring (bicyclic) bond motifs is 3. The number of nitrogens with one attached hydrogen (secondary N) is 9. The normalized spacial score (nSPS) is 16.8. The number of anilines is 3. The zero-order chi connectivity index (χ0) is 91.0. The maximum absolute atomic E-state index is 15.0. The van der Waals surface area contributed by atoms with Crippen LogP contribution in [0.15, 0.2) is 256 Å². The van der Waals surface area contributed by atoms with Crippen molar-refractivity contribution in [2.45, 2.75) is 116 Å². The van der Waals surface area contributed by atoms with E-state index in [0.717, 1.165) is 38.0 Å². The summed E-state index contributed by atoms with van der Waals surface area (Å²) in [6, 6.07) is 51.4. The van der Waals surface area contributed by atoms with Gasteiger partial charge in [0.1, 0.15) is 56.4 Å². The van der Waals surface area contributed by atoms with Gasteiger partial charge in [0.25, 0.3) is 17.7 Å². The van der Waals surface area contributed by atoms with Crippen molar-refractivity contribution < 1.29 is 86.0 Å². The Hall–Kier alpha value is -15.9. The van der Waals surface area contributed by atoms with E-state index in [0.29, 0.717) is 33.8 Å². The van der Waals surface area contributed by atoms with Gasteiger partial charge < -0.3 is 90.0 Å². The van der Waals surface area contributed by atoms with E-state index in [1.807, 2.05) is 91.0 Å². The lowest BCUT2D eigenvalue weighted by Gasteiger charge is -2.23. The van der Waals surface area contributed by atoms with Crippen molar-refractivity contribution in [1.82, 2.24) is 60.6 Å². The predicted octanol–water partition coefficient (Wildman–Crippen LogP) is 9.93. The number of amides is 9. The monoisotopic (exact) mass is 1740 g/mol. The molecule has 4 aliphatic rings. The van der Waals surface area contributed by atoms with E-state index in [2.05, 4.69) is 62.8 Å². The number of carbonyl (C=O) groups excluding carboxylic acids is 12. The molecule has 16 rings (SSSR count). The fraction of sp³-hybridized carbons (Fsp3) is 0.219. The summed E-state index contributed by atoms with van der Waals surface area (Å²) >= 11 is 0. The minimum absolute atomic E-state index is 0.0172. The molecule has 3 aromatic heterocycles. The number of ether oxygens (including phenoxy) is 6. The van der Waals surface area contributed by atoms with E-state index in [-0.39, 0.29) is 126 Å². The molecule has 4 aliphatic heterocycles. The highest BCUT2D eigenvalue weighted by Crippen LogP contribution is 2.36. The lowest BCUT2D eigenvalue weighted by atomic mass is 9.98. The Bertz CT molecular complexity index is 5480. The van der Waals surface area contributed by atoms with Crippen LogP contribution in [0.4, 0.5) is 17.1 Å².